The summed E-state index contributed by atoms with van der Waals surface area (Å²) in [5, 5.41) is 11.5. The van der Waals surface area contributed by atoms with E-state index in [1.807, 2.05) is 13.2 Å². The lowest BCUT2D eigenvalue weighted by Gasteiger charge is -2.24. The average molecular weight is 245 g/mol. The highest BCUT2D eigenvalue weighted by Gasteiger charge is 2.21. The van der Waals surface area contributed by atoms with Crippen molar-refractivity contribution < 1.29 is 0 Å². The van der Waals surface area contributed by atoms with Crippen molar-refractivity contribution in [2.24, 2.45) is 7.05 Å². The molecule has 0 unspecified atom stereocenters. The number of hydrogen-bond donors (Lipinski definition) is 0. The summed E-state index contributed by atoms with van der Waals surface area (Å²) >= 11 is 0. The lowest BCUT2D eigenvalue weighted by molar-refractivity contribution is 0.471. The highest BCUT2D eigenvalue weighted by atomic mass is 15.5. The van der Waals surface area contributed by atoms with E-state index < -0.39 is 0 Å². The highest BCUT2D eigenvalue weighted by molar-refractivity contribution is 5.54. The molecule has 2 heterocycles. The topological polar surface area (TPSA) is 56.5 Å². The SMILES string of the molecule is CCCC(C)(C)c1cncc(-c2nnnn2C)c1. The van der Waals surface area contributed by atoms with Crippen LogP contribution in [0.1, 0.15) is 39.2 Å². The molecule has 5 nitrogen and oxygen atoms in total. The van der Waals surface area contributed by atoms with Crippen LogP contribution in [0.25, 0.3) is 11.4 Å². The zero-order valence-electron chi connectivity index (χ0n) is 11.4. The summed E-state index contributed by atoms with van der Waals surface area (Å²) in [5.41, 5.74) is 2.32. The number of aryl methyl sites for hydroxylation is 1. The summed E-state index contributed by atoms with van der Waals surface area (Å²) in [6, 6.07) is 2.13. The first kappa shape index (κ1) is 12.7. The first-order valence-electron chi connectivity index (χ1n) is 6.23. The molecule has 5 heteroatoms. The van der Waals surface area contributed by atoms with Crippen LogP contribution < -0.4 is 0 Å². The number of nitrogens with zero attached hydrogens (tertiary/aromatic N) is 5. The van der Waals surface area contributed by atoms with E-state index in [0.717, 1.165) is 24.2 Å². The molecule has 0 bridgehead atoms. The largest absolute Gasteiger partial charge is 0.264 e. The Labute approximate surface area is 107 Å². The van der Waals surface area contributed by atoms with Crippen LogP contribution in [-0.4, -0.2) is 25.2 Å². The normalized spacial score (nSPS) is 11.8. The smallest absolute Gasteiger partial charge is 0.183 e. The minimum absolute atomic E-state index is 0.129. The van der Waals surface area contributed by atoms with Crippen LogP contribution in [-0.2, 0) is 12.5 Å². The van der Waals surface area contributed by atoms with Crippen molar-refractivity contribution in [3.05, 3.63) is 24.0 Å². The fraction of sp³-hybridized carbons (Fsp3) is 0.538. The van der Waals surface area contributed by atoms with E-state index in [-0.39, 0.29) is 5.41 Å². The quantitative estimate of drug-likeness (QED) is 0.829. The molecule has 0 N–H and O–H groups in total. The molecular formula is C13H19N5. The summed E-state index contributed by atoms with van der Waals surface area (Å²) in [6.07, 6.45) is 6.03. The van der Waals surface area contributed by atoms with Crippen molar-refractivity contribution >= 4 is 0 Å². The summed E-state index contributed by atoms with van der Waals surface area (Å²) in [6.45, 7) is 6.68. The molecule has 0 atom stereocenters. The Morgan fingerprint density at radius 3 is 2.67 bits per heavy atom. The van der Waals surface area contributed by atoms with Gasteiger partial charge in [-0.1, -0.05) is 27.2 Å². The molecule has 0 radical (unpaired) electrons. The van der Waals surface area contributed by atoms with Gasteiger partial charge in [-0.15, -0.1) is 5.10 Å². The molecule has 0 saturated carbocycles. The van der Waals surface area contributed by atoms with E-state index in [2.05, 4.69) is 47.3 Å². The number of hydrogen-bond acceptors (Lipinski definition) is 4. The van der Waals surface area contributed by atoms with E-state index in [4.69, 9.17) is 0 Å². The summed E-state index contributed by atoms with van der Waals surface area (Å²) in [5.74, 6) is 0.747. The average Bonchev–Trinajstić information content (AvgIpc) is 2.76. The second kappa shape index (κ2) is 4.84. The van der Waals surface area contributed by atoms with Crippen molar-refractivity contribution in [2.45, 2.75) is 39.0 Å². The molecule has 0 aliphatic carbocycles. The van der Waals surface area contributed by atoms with Crippen molar-refractivity contribution in [3.63, 3.8) is 0 Å². The van der Waals surface area contributed by atoms with Crippen molar-refractivity contribution in [3.8, 4) is 11.4 Å². The van der Waals surface area contributed by atoms with Crippen LogP contribution in [0, 0.1) is 0 Å². The third kappa shape index (κ3) is 2.39. The maximum absolute atomic E-state index is 4.32. The summed E-state index contributed by atoms with van der Waals surface area (Å²) in [4.78, 5) is 4.32. The first-order valence-corrected chi connectivity index (χ1v) is 6.23. The van der Waals surface area contributed by atoms with Crippen LogP contribution in [0.2, 0.25) is 0 Å². The molecule has 18 heavy (non-hydrogen) atoms. The van der Waals surface area contributed by atoms with Crippen LogP contribution >= 0.6 is 0 Å². The maximum atomic E-state index is 4.32. The minimum Gasteiger partial charge on any atom is -0.264 e. The minimum atomic E-state index is 0.129. The second-order valence-electron chi connectivity index (χ2n) is 5.22. The maximum Gasteiger partial charge on any atom is 0.183 e. The number of aromatic nitrogens is 5. The fourth-order valence-corrected chi connectivity index (χ4v) is 2.18. The van der Waals surface area contributed by atoms with Gasteiger partial charge in [-0.25, -0.2) is 4.68 Å². The third-order valence-corrected chi connectivity index (χ3v) is 3.27. The molecule has 0 aliphatic rings. The molecule has 0 fully saturated rings. The molecule has 0 spiro atoms. The Morgan fingerprint density at radius 2 is 2.06 bits per heavy atom. The van der Waals surface area contributed by atoms with Crippen LogP contribution in [0.5, 0.6) is 0 Å². The van der Waals surface area contributed by atoms with Crippen molar-refractivity contribution in [1.29, 1.82) is 0 Å². The van der Waals surface area contributed by atoms with Gasteiger partial charge in [0.1, 0.15) is 0 Å². The van der Waals surface area contributed by atoms with E-state index in [1.165, 1.54) is 5.56 Å². The second-order valence-corrected chi connectivity index (χ2v) is 5.22. The number of pyridine rings is 1. The van der Waals surface area contributed by atoms with Gasteiger partial charge in [-0.2, -0.15) is 0 Å². The number of tetrazole rings is 1. The standard InChI is InChI=1S/C13H19N5/c1-5-6-13(2,3)11-7-10(8-14-9-11)12-15-16-17-18(12)4/h7-9H,5-6H2,1-4H3. The van der Waals surface area contributed by atoms with Gasteiger partial charge in [0.15, 0.2) is 5.82 Å². The van der Waals surface area contributed by atoms with Crippen molar-refractivity contribution in [2.75, 3.05) is 0 Å². The molecule has 0 aromatic carbocycles. The third-order valence-electron chi connectivity index (χ3n) is 3.27. The molecule has 96 valence electrons. The Kier molecular flexibility index (Phi) is 3.41. The molecule has 0 aliphatic heterocycles. The highest BCUT2D eigenvalue weighted by Crippen LogP contribution is 2.29. The monoisotopic (exact) mass is 245 g/mol. The lowest BCUT2D eigenvalue weighted by Crippen LogP contribution is -2.17. The van der Waals surface area contributed by atoms with Gasteiger partial charge in [0.2, 0.25) is 0 Å². The van der Waals surface area contributed by atoms with Gasteiger partial charge in [0, 0.05) is 25.0 Å². The van der Waals surface area contributed by atoms with E-state index in [9.17, 15) is 0 Å². The molecule has 2 rings (SSSR count). The Morgan fingerprint density at radius 1 is 1.28 bits per heavy atom. The van der Waals surface area contributed by atoms with Crippen LogP contribution in [0.15, 0.2) is 18.5 Å². The molecular weight excluding hydrogens is 226 g/mol. The summed E-state index contributed by atoms with van der Waals surface area (Å²) < 4.78 is 1.66. The van der Waals surface area contributed by atoms with Gasteiger partial charge >= 0.3 is 0 Å². The molecule has 0 saturated heterocycles. The van der Waals surface area contributed by atoms with Gasteiger partial charge < -0.3 is 0 Å². The molecule has 2 aromatic heterocycles. The zero-order valence-corrected chi connectivity index (χ0v) is 11.4. The summed E-state index contributed by atoms with van der Waals surface area (Å²) in [7, 11) is 1.83. The Hall–Kier alpha value is -1.78. The van der Waals surface area contributed by atoms with Crippen molar-refractivity contribution in [1.82, 2.24) is 25.2 Å². The van der Waals surface area contributed by atoms with E-state index in [0.29, 0.717) is 0 Å². The van der Waals surface area contributed by atoms with Gasteiger partial charge in [-0.3, -0.25) is 4.98 Å². The van der Waals surface area contributed by atoms with Gasteiger partial charge in [-0.05, 0) is 33.9 Å². The van der Waals surface area contributed by atoms with E-state index in [1.54, 1.807) is 10.9 Å². The zero-order chi connectivity index (χ0) is 13.2. The predicted octanol–water partition coefficient (Wildman–Crippen LogP) is 2.35. The first-order chi connectivity index (χ1) is 8.54. The Balaban J connectivity index is 2.40. The molecule has 0 amide bonds. The number of rotatable bonds is 4. The molecule has 2 aromatic rings. The van der Waals surface area contributed by atoms with E-state index >= 15 is 0 Å². The predicted molar refractivity (Wildman–Crippen MR) is 70.0 cm³/mol. The fourth-order valence-electron chi connectivity index (χ4n) is 2.18. The van der Waals surface area contributed by atoms with Crippen LogP contribution in [0.3, 0.4) is 0 Å². The Bertz CT molecular complexity index is 530. The van der Waals surface area contributed by atoms with Crippen LogP contribution in [0.4, 0.5) is 0 Å². The van der Waals surface area contributed by atoms with Gasteiger partial charge in [0.05, 0.1) is 0 Å². The van der Waals surface area contributed by atoms with Gasteiger partial charge in [0.25, 0.3) is 0 Å². The lowest BCUT2D eigenvalue weighted by atomic mass is 9.81.